The number of sulfone groups is 1. The van der Waals surface area contributed by atoms with Crippen molar-refractivity contribution in [1.29, 1.82) is 0 Å². The second-order valence-electron chi connectivity index (χ2n) is 4.18. The first-order valence-electron chi connectivity index (χ1n) is 5.70. The van der Waals surface area contributed by atoms with Gasteiger partial charge in [0, 0.05) is 10.0 Å². The average molecular weight is 415 g/mol. The molecule has 0 spiro atoms. The topological polar surface area (TPSA) is 109 Å². The molecule has 2 rings (SSSR count). The summed E-state index contributed by atoms with van der Waals surface area (Å²) in [6, 6.07) is 6.65. The van der Waals surface area contributed by atoms with Gasteiger partial charge in [0.05, 0.1) is 19.6 Å². The normalized spacial score (nSPS) is 14.4. The minimum Gasteiger partial charge on any atom is -0.302 e. The first kappa shape index (κ1) is 18.5. The summed E-state index contributed by atoms with van der Waals surface area (Å²) in [6.07, 6.45) is 0. The van der Waals surface area contributed by atoms with Gasteiger partial charge < -0.3 is 9.11 Å². The molecule has 0 aromatic heterocycles. The van der Waals surface area contributed by atoms with Crippen LogP contribution in [0.15, 0.2) is 56.0 Å². The molecule has 0 amide bonds. The molecular formula is C12H8Cl2O6S3. The molecule has 0 heterocycles. The number of halogens is 2. The van der Waals surface area contributed by atoms with Crippen LogP contribution in [0.4, 0.5) is 0 Å². The van der Waals surface area contributed by atoms with Crippen molar-refractivity contribution in [1.82, 2.24) is 0 Å². The Kier molecular flexibility index (Phi) is 5.62. The summed E-state index contributed by atoms with van der Waals surface area (Å²) in [4.78, 5) is -1.84. The Hall–Kier alpha value is -0.810. The molecule has 6 nitrogen and oxygen atoms in total. The maximum atomic E-state index is 12.7. The van der Waals surface area contributed by atoms with Crippen molar-refractivity contribution in [2.45, 2.75) is 19.6 Å². The van der Waals surface area contributed by atoms with E-state index in [1.807, 2.05) is 0 Å². The van der Waals surface area contributed by atoms with Crippen molar-refractivity contribution < 1.29 is 25.9 Å². The highest BCUT2D eigenvalue weighted by Crippen LogP contribution is 2.32. The largest absolute Gasteiger partial charge is 0.302 e. The van der Waals surface area contributed by atoms with Crippen molar-refractivity contribution in [3.8, 4) is 0 Å². The van der Waals surface area contributed by atoms with Crippen LogP contribution in [0, 0.1) is 0 Å². The molecule has 2 N–H and O–H groups in total. The molecule has 124 valence electrons. The highest BCUT2D eigenvalue weighted by molar-refractivity contribution is 7.92. The van der Waals surface area contributed by atoms with Gasteiger partial charge >= 0.3 is 0 Å². The molecule has 23 heavy (non-hydrogen) atoms. The molecule has 0 aliphatic rings. The minimum absolute atomic E-state index is 0.0726. The molecule has 2 aromatic carbocycles. The van der Waals surface area contributed by atoms with Crippen LogP contribution >= 0.6 is 23.2 Å². The smallest absolute Gasteiger partial charge is 0.209 e. The molecule has 2 unspecified atom stereocenters. The molecule has 0 saturated carbocycles. The van der Waals surface area contributed by atoms with Crippen molar-refractivity contribution in [2.75, 3.05) is 0 Å². The molecule has 2 aromatic rings. The summed E-state index contributed by atoms with van der Waals surface area (Å²) in [6.45, 7) is 0. The van der Waals surface area contributed by atoms with Crippen LogP contribution < -0.4 is 0 Å². The molecular weight excluding hydrogens is 407 g/mol. The van der Waals surface area contributed by atoms with E-state index in [1.165, 1.54) is 12.1 Å². The molecule has 0 radical (unpaired) electrons. The van der Waals surface area contributed by atoms with Gasteiger partial charge in [0.2, 0.25) is 9.84 Å². The summed E-state index contributed by atoms with van der Waals surface area (Å²) in [5.41, 5.74) is 0. The summed E-state index contributed by atoms with van der Waals surface area (Å²) < 4.78 is 66.8. The Morgan fingerprint density at radius 1 is 0.783 bits per heavy atom. The third-order valence-electron chi connectivity index (χ3n) is 2.77. The predicted molar refractivity (Wildman–Crippen MR) is 86.4 cm³/mol. The number of hydrogen-bond donors (Lipinski definition) is 2. The van der Waals surface area contributed by atoms with E-state index < -0.39 is 51.6 Å². The summed E-state index contributed by atoms with van der Waals surface area (Å²) >= 11 is 6.18. The fraction of sp³-hybridized carbons (Fsp3) is 0. The Bertz CT molecular complexity index is 857. The molecule has 0 bridgehead atoms. The van der Waals surface area contributed by atoms with Gasteiger partial charge in [-0.25, -0.2) is 16.8 Å². The van der Waals surface area contributed by atoms with E-state index in [9.17, 15) is 25.9 Å². The number of rotatable bonds is 4. The van der Waals surface area contributed by atoms with Crippen LogP contribution in [-0.2, 0) is 32.0 Å². The highest BCUT2D eigenvalue weighted by Gasteiger charge is 2.28. The Labute approximate surface area is 146 Å². The maximum absolute atomic E-state index is 12.7. The van der Waals surface area contributed by atoms with Gasteiger partial charge in [-0.2, -0.15) is 0 Å². The second kappa shape index (κ2) is 6.98. The molecule has 0 saturated heterocycles. The van der Waals surface area contributed by atoms with Crippen LogP contribution in [-0.4, -0.2) is 25.9 Å². The Balaban J connectivity index is 2.79. The van der Waals surface area contributed by atoms with Crippen LogP contribution in [0.25, 0.3) is 0 Å². The van der Waals surface area contributed by atoms with Gasteiger partial charge in [0.1, 0.15) is 0 Å². The summed E-state index contributed by atoms with van der Waals surface area (Å²) in [5.74, 6) is 0. The zero-order chi connectivity index (χ0) is 17.4. The monoisotopic (exact) mass is 414 g/mol. The minimum atomic E-state index is -4.35. The van der Waals surface area contributed by atoms with Gasteiger partial charge in [0.15, 0.2) is 22.2 Å². The third-order valence-corrected chi connectivity index (χ3v) is 6.79. The molecule has 0 aliphatic heterocycles. The molecule has 0 fully saturated rings. The van der Waals surface area contributed by atoms with Gasteiger partial charge in [-0.15, -0.1) is 0 Å². The van der Waals surface area contributed by atoms with Crippen LogP contribution in [0.3, 0.4) is 0 Å². The van der Waals surface area contributed by atoms with E-state index in [-0.39, 0.29) is 10.0 Å². The lowest BCUT2D eigenvalue weighted by atomic mass is 10.3. The maximum Gasteiger partial charge on any atom is 0.209 e. The average Bonchev–Trinajstić information content (AvgIpc) is 2.46. The lowest BCUT2D eigenvalue weighted by Crippen LogP contribution is -2.10. The summed E-state index contributed by atoms with van der Waals surface area (Å²) in [5, 5.41) is 0.145. The van der Waals surface area contributed by atoms with Gasteiger partial charge in [-0.1, -0.05) is 23.2 Å². The van der Waals surface area contributed by atoms with E-state index in [4.69, 9.17) is 23.2 Å². The Morgan fingerprint density at radius 3 is 1.43 bits per heavy atom. The molecule has 11 heteroatoms. The van der Waals surface area contributed by atoms with Crippen molar-refractivity contribution in [3.05, 3.63) is 46.4 Å². The SMILES string of the molecule is O=S(O)c1cc(Cl)ccc1S(=O)(=O)c1ccc(Cl)cc1S(=O)O. The van der Waals surface area contributed by atoms with E-state index in [0.717, 1.165) is 24.3 Å². The van der Waals surface area contributed by atoms with E-state index in [2.05, 4.69) is 0 Å². The van der Waals surface area contributed by atoms with E-state index in [0.29, 0.717) is 0 Å². The first-order valence-corrected chi connectivity index (χ1v) is 10.2. The van der Waals surface area contributed by atoms with Crippen molar-refractivity contribution in [3.63, 3.8) is 0 Å². The zero-order valence-electron chi connectivity index (χ0n) is 11.0. The fourth-order valence-corrected chi connectivity index (χ4v) is 5.67. The number of benzene rings is 2. The zero-order valence-corrected chi connectivity index (χ0v) is 14.9. The van der Waals surface area contributed by atoms with E-state index >= 15 is 0 Å². The predicted octanol–water partition coefficient (Wildman–Crippen LogP) is 2.99. The fourth-order valence-electron chi connectivity index (χ4n) is 1.80. The molecule has 2 atom stereocenters. The highest BCUT2D eigenvalue weighted by atomic mass is 35.5. The quantitative estimate of drug-likeness (QED) is 0.744. The summed E-state index contributed by atoms with van der Waals surface area (Å²) in [7, 11) is -4.35. The van der Waals surface area contributed by atoms with Crippen LogP contribution in [0.1, 0.15) is 0 Å². The third kappa shape index (κ3) is 3.82. The van der Waals surface area contributed by atoms with Gasteiger partial charge in [-0.3, -0.25) is 0 Å². The van der Waals surface area contributed by atoms with Gasteiger partial charge in [0.25, 0.3) is 0 Å². The first-order chi connectivity index (χ1) is 10.6. The number of hydrogen-bond acceptors (Lipinski definition) is 4. The Morgan fingerprint density at radius 2 is 1.13 bits per heavy atom. The van der Waals surface area contributed by atoms with Crippen LogP contribution in [0.2, 0.25) is 10.0 Å². The van der Waals surface area contributed by atoms with Crippen molar-refractivity contribution >= 4 is 55.2 Å². The standard InChI is InChI=1S/C12H8Cl2O6S3/c13-7-1-3-11(9(5-7)21(15)16)23(19,20)12-4-2-8(14)6-10(12)22(17)18/h1-6H,(H,15,16)(H,17,18). The lowest BCUT2D eigenvalue weighted by molar-refractivity contribution is 0.555. The van der Waals surface area contributed by atoms with Crippen LogP contribution in [0.5, 0.6) is 0 Å². The van der Waals surface area contributed by atoms with E-state index in [1.54, 1.807) is 0 Å². The van der Waals surface area contributed by atoms with Crippen molar-refractivity contribution in [2.24, 2.45) is 0 Å². The second-order valence-corrected chi connectivity index (χ2v) is 8.82. The lowest BCUT2D eigenvalue weighted by Gasteiger charge is -2.11. The molecule has 0 aliphatic carbocycles. The van der Waals surface area contributed by atoms with Gasteiger partial charge in [-0.05, 0) is 36.4 Å².